The molecule has 1 aromatic carbocycles. The summed E-state index contributed by atoms with van der Waals surface area (Å²) >= 11 is 0. The van der Waals surface area contributed by atoms with E-state index >= 15 is 0 Å². The van der Waals surface area contributed by atoms with Gasteiger partial charge in [0.05, 0.1) is 9.79 Å². The second-order valence-corrected chi connectivity index (χ2v) is 9.38. The van der Waals surface area contributed by atoms with Gasteiger partial charge in [0.1, 0.15) is 0 Å². The average Bonchev–Trinajstić information content (AvgIpc) is 2.90. The molecule has 0 aliphatic carbocycles. The van der Waals surface area contributed by atoms with E-state index in [1.54, 1.807) is 7.05 Å². The normalized spacial score (nSPS) is 20.0. The summed E-state index contributed by atoms with van der Waals surface area (Å²) in [4.78, 5) is 0.219. The Kier molecular flexibility index (Phi) is 4.72. The summed E-state index contributed by atoms with van der Waals surface area (Å²) in [5.74, 6) is 0. The van der Waals surface area contributed by atoms with Gasteiger partial charge in [0.25, 0.3) is 0 Å². The lowest BCUT2D eigenvalue weighted by molar-refractivity contribution is 0.417. The van der Waals surface area contributed by atoms with Crippen LogP contribution in [0.25, 0.3) is 0 Å². The van der Waals surface area contributed by atoms with Crippen molar-refractivity contribution in [2.75, 3.05) is 26.4 Å². The quantitative estimate of drug-likeness (QED) is 0.847. The zero-order valence-electron chi connectivity index (χ0n) is 12.1. The van der Waals surface area contributed by atoms with Crippen LogP contribution in [0.15, 0.2) is 34.1 Å². The second-order valence-electron chi connectivity index (χ2n) is 5.32. The monoisotopic (exact) mass is 332 g/mol. The van der Waals surface area contributed by atoms with Crippen LogP contribution in [-0.2, 0) is 19.9 Å². The van der Waals surface area contributed by atoms with Gasteiger partial charge in [-0.2, -0.15) is 4.31 Å². The highest BCUT2D eigenvalue weighted by Crippen LogP contribution is 2.18. The van der Waals surface area contributed by atoms with Crippen LogP contribution in [0.5, 0.6) is 0 Å². The molecule has 21 heavy (non-hydrogen) atoms. The van der Waals surface area contributed by atoms with Gasteiger partial charge < -0.3 is 5.32 Å². The second kappa shape index (κ2) is 6.04. The first kappa shape index (κ1) is 16.4. The van der Waals surface area contributed by atoms with Crippen LogP contribution in [0.1, 0.15) is 12.8 Å². The summed E-state index contributed by atoms with van der Waals surface area (Å²) in [6.45, 7) is 1.33. The number of hydrogen-bond acceptors (Lipinski definition) is 5. The van der Waals surface area contributed by atoms with E-state index in [9.17, 15) is 16.8 Å². The zero-order valence-corrected chi connectivity index (χ0v) is 13.7. The SMILES string of the molecule is CN(CC1CCCN1)S(=O)(=O)c1ccc(S(C)(=O)=O)cc1. The molecule has 0 saturated carbocycles. The van der Waals surface area contributed by atoms with E-state index < -0.39 is 19.9 Å². The van der Waals surface area contributed by atoms with E-state index in [0.717, 1.165) is 25.6 Å². The Labute approximate surface area is 126 Å². The van der Waals surface area contributed by atoms with Gasteiger partial charge in [-0.1, -0.05) is 0 Å². The van der Waals surface area contributed by atoms with Crippen molar-refractivity contribution >= 4 is 19.9 Å². The predicted octanol–water partition coefficient (Wildman–Crippen LogP) is 0.463. The summed E-state index contributed by atoms with van der Waals surface area (Å²) in [7, 11) is -5.37. The molecule has 0 bridgehead atoms. The standard InChI is InChI=1S/C13H20N2O4S2/c1-15(10-11-4-3-9-14-11)21(18,19)13-7-5-12(6-8-13)20(2,16)17/h5-8,11,14H,3-4,9-10H2,1-2H3. The van der Waals surface area contributed by atoms with Gasteiger partial charge in [-0.25, -0.2) is 16.8 Å². The van der Waals surface area contributed by atoms with Gasteiger partial charge in [-0.3, -0.25) is 0 Å². The van der Waals surface area contributed by atoms with Crippen molar-refractivity contribution in [3.8, 4) is 0 Å². The molecular weight excluding hydrogens is 312 g/mol. The molecule has 1 atom stereocenters. The Morgan fingerprint density at radius 2 is 1.71 bits per heavy atom. The molecule has 6 nitrogen and oxygen atoms in total. The van der Waals surface area contributed by atoms with E-state index in [2.05, 4.69) is 5.32 Å². The first-order chi connectivity index (χ1) is 9.71. The third-order valence-electron chi connectivity index (χ3n) is 3.60. The zero-order chi connectivity index (χ0) is 15.7. The molecule has 0 amide bonds. The number of rotatable bonds is 5. The Hall–Kier alpha value is -0.960. The smallest absolute Gasteiger partial charge is 0.242 e. The largest absolute Gasteiger partial charge is 0.313 e. The van der Waals surface area contributed by atoms with Crippen LogP contribution in [-0.4, -0.2) is 53.6 Å². The minimum Gasteiger partial charge on any atom is -0.313 e. The molecule has 1 aliphatic rings. The molecule has 1 heterocycles. The summed E-state index contributed by atoms with van der Waals surface area (Å²) < 4.78 is 48.9. The molecule has 1 N–H and O–H groups in total. The highest BCUT2D eigenvalue weighted by molar-refractivity contribution is 7.90. The Balaban J connectivity index is 2.18. The maximum absolute atomic E-state index is 12.4. The Morgan fingerprint density at radius 1 is 1.14 bits per heavy atom. The fourth-order valence-electron chi connectivity index (χ4n) is 2.36. The minimum absolute atomic E-state index is 0.107. The van der Waals surface area contributed by atoms with E-state index in [-0.39, 0.29) is 15.8 Å². The molecule has 1 saturated heterocycles. The van der Waals surface area contributed by atoms with Crippen LogP contribution in [0.3, 0.4) is 0 Å². The number of benzene rings is 1. The summed E-state index contributed by atoms with van der Waals surface area (Å²) in [6.07, 6.45) is 3.11. The lowest BCUT2D eigenvalue weighted by Crippen LogP contribution is -2.38. The number of hydrogen-bond donors (Lipinski definition) is 1. The van der Waals surface area contributed by atoms with E-state index in [0.29, 0.717) is 6.54 Å². The fourth-order valence-corrected chi connectivity index (χ4v) is 4.21. The van der Waals surface area contributed by atoms with Crippen molar-refractivity contribution in [3.63, 3.8) is 0 Å². The molecule has 0 radical (unpaired) electrons. The molecule has 0 spiro atoms. The number of sulfone groups is 1. The van der Waals surface area contributed by atoms with Crippen molar-refractivity contribution in [1.82, 2.24) is 9.62 Å². The summed E-state index contributed by atoms with van der Waals surface area (Å²) in [5.41, 5.74) is 0. The first-order valence-electron chi connectivity index (χ1n) is 6.71. The molecule has 1 fully saturated rings. The van der Waals surface area contributed by atoms with Crippen LogP contribution in [0, 0.1) is 0 Å². The Morgan fingerprint density at radius 3 is 2.19 bits per heavy atom. The lowest BCUT2D eigenvalue weighted by Gasteiger charge is -2.21. The van der Waals surface area contributed by atoms with Gasteiger partial charge in [0.2, 0.25) is 10.0 Å². The van der Waals surface area contributed by atoms with Crippen LogP contribution in [0.4, 0.5) is 0 Å². The molecule has 1 aliphatic heterocycles. The number of sulfonamides is 1. The third-order valence-corrected chi connectivity index (χ3v) is 6.57. The molecule has 1 unspecified atom stereocenters. The predicted molar refractivity (Wildman–Crippen MR) is 80.4 cm³/mol. The molecule has 2 rings (SSSR count). The summed E-state index contributed by atoms with van der Waals surface area (Å²) in [6, 6.07) is 5.50. The Bertz CT molecular complexity index is 690. The maximum Gasteiger partial charge on any atom is 0.242 e. The average molecular weight is 332 g/mol. The van der Waals surface area contributed by atoms with Crippen molar-refractivity contribution < 1.29 is 16.8 Å². The molecule has 0 aromatic heterocycles. The van der Waals surface area contributed by atoms with E-state index in [1.807, 2.05) is 0 Å². The van der Waals surface area contributed by atoms with Gasteiger partial charge >= 0.3 is 0 Å². The molecule has 8 heteroatoms. The number of likely N-dealkylation sites (N-methyl/N-ethyl adjacent to an activating group) is 1. The van der Waals surface area contributed by atoms with Gasteiger partial charge in [-0.15, -0.1) is 0 Å². The number of nitrogens with one attached hydrogen (secondary N) is 1. The number of nitrogens with zero attached hydrogens (tertiary/aromatic N) is 1. The van der Waals surface area contributed by atoms with Crippen LogP contribution < -0.4 is 5.32 Å². The molecule has 118 valence electrons. The van der Waals surface area contributed by atoms with Gasteiger partial charge in [0.15, 0.2) is 9.84 Å². The van der Waals surface area contributed by atoms with Crippen molar-refractivity contribution in [2.45, 2.75) is 28.7 Å². The topological polar surface area (TPSA) is 83.6 Å². The highest BCUT2D eigenvalue weighted by atomic mass is 32.2. The summed E-state index contributed by atoms with van der Waals surface area (Å²) in [5, 5.41) is 3.25. The third kappa shape index (κ3) is 3.82. The van der Waals surface area contributed by atoms with Crippen LogP contribution >= 0.6 is 0 Å². The van der Waals surface area contributed by atoms with Gasteiger partial charge in [-0.05, 0) is 43.7 Å². The van der Waals surface area contributed by atoms with Crippen molar-refractivity contribution in [1.29, 1.82) is 0 Å². The van der Waals surface area contributed by atoms with Crippen molar-refractivity contribution in [3.05, 3.63) is 24.3 Å². The fraction of sp³-hybridized carbons (Fsp3) is 0.538. The lowest BCUT2D eigenvalue weighted by atomic mass is 10.2. The maximum atomic E-state index is 12.4. The molecular formula is C13H20N2O4S2. The highest BCUT2D eigenvalue weighted by Gasteiger charge is 2.25. The first-order valence-corrected chi connectivity index (χ1v) is 10.0. The minimum atomic E-state index is -3.59. The van der Waals surface area contributed by atoms with Gasteiger partial charge in [0, 0.05) is 25.9 Å². The van der Waals surface area contributed by atoms with Crippen molar-refractivity contribution in [2.24, 2.45) is 0 Å². The van der Waals surface area contributed by atoms with E-state index in [1.165, 1.54) is 28.6 Å². The van der Waals surface area contributed by atoms with Crippen LogP contribution in [0.2, 0.25) is 0 Å². The molecule has 1 aromatic rings. The van der Waals surface area contributed by atoms with E-state index in [4.69, 9.17) is 0 Å².